The molecule has 0 saturated carbocycles. The zero-order valence-corrected chi connectivity index (χ0v) is 16.6. The largest absolute Gasteiger partial charge is 0.490 e. The lowest BCUT2D eigenvalue weighted by molar-refractivity contribution is 0.0696. The Morgan fingerprint density at radius 1 is 0.833 bits per heavy atom. The summed E-state index contributed by atoms with van der Waals surface area (Å²) in [6.07, 6.45) is 0.921. The van der Waals surface area contributed by atoms with E-state index >= 15 is 0 Å². The number of carboxylic acid groups (broad SMARTS) is 1. The standard InChI is InChI=1S/C24H23NO5/c1-2-17-7-9-18(10-8-17)23(26)25-21-5-3-4-6-22(21)30-16-15-29-20-13-11-19(12-14-20)24(27)28/h3-14H,2,15-16H2,1H3,(H,25,26)(H,27,28). The molecule has 2 N–H and O–H groups in total. The normalized spacial score (nSPS) is 10.3. The molecule has 3 aromatic carbocycles. The fourth-order valence-corrected chi connectivity index (χ4v) is 2.79. The highest BCUT2D eigenvalue weighted by Gasteiger charge is 2.10. The number of carbonyl (C=O) groups is 2. The topological polar surface area (TPSA) is 84.9 Å². The third kappa shape index (κ3) is 5.61. The maximum absolute atomic E-state index is 12.5. The molecule has 6 nitrogen and oxygen atoms in total. The minimum Gasteiger partial charge on any atom is -0.490 e. The highest BCUT2D eigenvalue weighted by atomic mass is 16.5. The van der Waals surface area contributed by atoms with Crippen molar-refractivity contribution < 1.29 is 24.2 Å². The van der Waals surface area contributed by atoms with Gasteiger partial charge in [-0.2, -0.15) is 0 Å². The molecule has 3 aromatic rings. The zero-order chi connectivity index (χ0) is 21.3. The molecule has 30 heavy (non-hydrogen) atoms. The van der Waals surface area contributed by atoms with Crippen LogP contribution in [0.5, 0.6) is 11.5 Å². The zero-order valence-electron chi connectivity index (χ0n) is 16.6. The third-order valence-electron chi connectivity index (χ3n) is 4.47. The highest BCUT2D eigenvalue weighted by Crippen LogP contribution is 2.24. The van der Waals surface area contributed by atoms with Gasteiger partial charge in [-0.1, -0.05) is 31.2 Å². The summed E-state index contributed by atoms with van der Waals surface area (Å²) in [6, 6.07) is 20.9. The van der Waals surface area contributed by atoms with Crippen molar-refractivity contribution >= 4 is 17.6 Å². The lowest BCUT2D eigenvalue weighted by Gasteiger charge is -2.13. The average Bonchev–Trinajstić information content (AvgIpc) is 2.78. The van der Waals surface area contributed by atoms with Gasteiger partial charge in [0.05, 0.1) is 11.3 Å². The summed E-state index contributed by atoms with van der Waals surface area (Å²) in [6.45, 7) is 2.60. The van der Waals surface area contributed by atoms with Crippen molar-refractivity contribution in [3.05, 3.63) is 89.5 Å². The second-order valence-corrected chi connectivity index (χ2v) is 6.53. The van der Waals surface area contributed by atoms with Gasteiger partial charge < -0.3 is 19.9 Å². The number of nitrogens with one attached hydrogen (secondary N) is 1. The highest BCUT2D eigenvalue weighted by molar-refractivity contribution is 6.05. The molecule has 0 bridgehead atoms. The smallest absolute Gasteiger partial charge is 0.335 e. The second kappa shape index (κ2) is 10.1. The summed E-state index contributed by atoms with van der Waals surface area (Å²) in [5.41, 5.74) is 2.53. The Bertz CT molecular complexity index is 997. The summed E-state index contributed by atoms with van der Waals surface area (Å²) in [5, 5.41) is 11.8. The number of aryl methyl sites for hydroxylation is 1. The molecule has 0 radical (unpaired) electrons. The number of carbonyl (C=O) groups excluding carboxylic acids is 1. The minimum atomic E-state index is -0.982. The van der Waals surface area contributed by atoms with Crippen molar-refractivity contribution in [2.45, 2.75) is 13.3 Å². The number of hydrogen-bond acceptors (Lipinski definition) is 4. The van der Waals surface area contributed by atoms with E-state index in [1.807, 2.05) is 24.3 Å². The first kappa shape index (κ1) is 20.9. The van der Waals surface area contributed by atoms with E-state index in [0.717, 1.165) is 6.42 Å². The molecule has 0 heterocycles. The van der Waals surface area contributed by atoms with Crippen LogP contribution in [-0.4, -0.2) is 30.2 Å². The first-order valence-corrected chi connectivity index (χ1v) is 9.65. The van der Waals surface area contributed by atoms with E-state index in [9.17, 15) is 9.59 Å². The van der Waals surface area contributed by atoms with Crippen LogP contribution in [0.4, 0.5) is 5.69 Å². The molecule has 0 unspecified atom stereocenters. The van der Waals surface area contributed by atoms with Gasteiger partial charge in [-0.25, -0.2) is 4.79 Å². The molecule has 3 rings (SSSR count). The van der Waals surface area contributed by atoms with Crippen LogP contribution in [0.25, 0.3) is 0 Å². The quantitative estimate of drug-likeness (QED) is 0.506. The van der Waals surface area contributed by atoms with Crippen LogP contribution in [0.2, 0.25) is 0 Å². The van der Waals surface area contributed by atoms with Gasteiger partial charge in [-0.3, -0.25) is 4.79 Å². The van der Waals surface area contributed by atoms with E-state index in [0.29, 0.717) is 22.7 Å². The first-order chi connectivity index (χ1) is 14.6. The van der Waals surface area contributed by atoms with Crippen molar-refractivity contribution in [2.24, 2.45) is 0 Å². The Labute approximate surface area is 175 Å². The van der Waals surface area contributed by atoms with E-state index in [1.165, 1.54) is 17.7 Å². The molecule has 0 aliphatic carbocycles. The first-order valence-electron chi connectivity index (χ1n) is 9.65. The number of amides is 1. The van der Waals surface area contributed by atoms with E-state index in [-0.39, 0.29) is 24.7 Å². The summed E-state index contributed by atoms with van der Waals surface area (Å²) >= 11 is 0. The summed E-state index contributed by atoms with van der Waals surface area (Å²) in [4.78, 5) is 23.4. The number of hydrogen-bond donors (Lipinski definition) is 2. The van der Waals surface area contributed by atoms with Gasteiger partial charge in [-0.05, 0) is 60.5 Å². The molecule has 0 saturated heterocycles. The van der Waals surface area contributed by atoms with E-state index < -0.39 is 5.97 Å². The van der Waals surface area contributed by atoms with Gasteiger partial charge in [0.2, 0.25) is 0 Å². The van der Waals surface area contributed by atoms with Gasteiger partial charge in [-0.15, -0.1) is 0 Å². The summed E-state index contributed by atoms with van der Waals surface area (Å²) < 4.78 is 11.3. The lowest BCUT2D eigenvalue weighted by Crippen LogP contribution is -2.14. The molecule has 0 aliphatic rings. The SMILES string of the molecule is CCc1ccc(C(=O)Nc2ccccc2OCCOc2ccc(C(=O)O)cc2)cc1. The van der Waals surface area contributed by atoms with Crippen LogP contribution >= 0.6 is 0 Å². The van der Waals surface area contributed by atoms with Crippen LogP contribution in [0.15, 0.2) is 72.8 Å². The van der Waals surface area contributed by atoms with Gasteiger partial charge in [0.15, 0.2) is 0 Å². The number of benzene rings is 3. The van der Waals surface area contributed by atoms with Crippen molar-refractivity contribution in [3.8, 4) is 11.5 Å². The van der Waals surface area contributed by atoms with Gasteiger partial charge in [0.25, 0.3) is 5.91 Å². The predicted octanol–water partition coefficient (Wildman–Crippen LogP) is 4.66. The van der Waals surface area contributed by atoms with E-state index in [2.05, 4.69) is 12.2 Å². The van der Waals surface area contributed by atoms with Gasteiger partial charge in [0, 0.05) is 5.56 Å². The number of para-hydroxylation sites is 2. The monoisotopic (exact) mass is 405 g/mol. The Morgan fingerprint density at radius 3 is 2.13 bits per heavy atom. The lowest BCUT2D eigenvalue weighted by atomic mass is 10.1. The van der Waals surface area contributed by atoms with Crippen LogP contribution in [0, 0.1) is 0 Å². The van der Waals surface area contributed by atoms with Crippen molar-refractivity contribution in [2.75, 3.05) is 18.5 Å². The molecule has 0 aliphatic heterocycles. The van der Waals surface area contributed by atoms with E-state index in [1.54, 1.807) is 36.4 Å². The second-order valence-electron chi connectivity index (χ2n) is 6.53. The Kier molecular flexibility index (Phi) is 7.05. The number of ether oxygens (including phenoxy) is 2. The Morgan fingerprint density at radius 2 is 1.47 bits per heavy atom. The van der Waals surface area contributed by atoms with Crippen molar-refractivity contribution in [3.63, 3.8) is 0 Å². The van der Waals surface area contributed by atoms with E-state index in [4.69, 9.17) is 14.6 Å². The summed E-state index contributed by atoms with van der Waals surface area (Å²) in [5.74, 6) is -0.0881. The molecule has 0 fully saturated rings. The molecular weight excluding hydrogens is 382 g/mol. The Balaban J connectivity index is 1.54. The van der Waals surface area contributed by atoms with Crippen LogP contribution in [-0.2, 0) is 6.42 Å². The van der Waals surface area contributed by atoms with Crippen LogP contribution < -0.4 is 14.8 Å². The van der Waals surface area contributed by atoms with Crippen molar-refractivity contribution in [1.29, 1.82) is 0 Å². The van der Waals surface area contributed by atoms with Gasteiger partial charge >= 0.3 is 5.97 Å². The number of anilines is 1. The molecular formula is C24H23NO5. The van der Waals surface area contributed by atoms with Crippen LogP contribution in [0.3, 0.4) is 0 Å². The molecule has 0 aromatic heterocycles. The predicted molar refractivity (Wildman–Crippen MR) is 115 cm³/mol. The molecule has 1 amide bonds. The summed E-state index contributed by atoms with van der Waals surface area (Å²) in [7, 11) is 0. The maximum Gasteiger partial charge on any atom is 0.335 e. The van der Waals surface area contributed by atoms with Crippen molar-refractivity contribution in [1.82, 2.24) is 0 Å². The maximum atomic E-state index is 12.5. The number of carboxylic acids is 1. The number of aromatic carboxylic acids is 1. The van der Waals surface area contributed by atoms with Crippen LogP contribution in [0.1, 0.15) is 33.2 Å². The minimum absolute atomic E-state index is 0.201. The fraction of sp³-hybridized carbons (Fsp3) is 0.167. The number of rotatable bonds is 9. The molecule has 0 atom stereocenters. The Hall–Kier alpha value is -3.80. The molecule has 0 spiro atoms. The third-order valence-corrected chi connectivity index (χ3v) is 4.47. The van der Waals surface area contributed by atoms with Gasteiger partial charge in [0.1, 0.15) is 24.7 Å². The average molecular weight is 405 g/mol. The molecule has 154 valence electrons. The fourth-order valence-electron chi connectivity index (χ4n) is 2.79. The molecule has 6 heteroatoms.